The van der Waals surface area contributed by atoms with Crippen molar-refractivity contribution in [2.75, 3.05) is 44.6 Å². The first kappa shape index (κ1) is 19.4. The van der Waals surface area contributed by atoms with E-state index in [-0.39, 0.29) is 11.8 Å². The van der Waals surface area contributed by atoms with Crippen LogP contribution in [0.25, 0.3) is 0 Å². The van der Waals surface area contributed by atoms with Crippen LogP contribution in [0.15, 0.2) is 18.2 Å². The second kappa shape index (κ2) is 9.04. The fourth-order valence-corrected chi connectivity index (χ4v) is 3.45. The smallest absolute Gasteiger partial charge is 0.234 e. The van der Waals surface area contributed by atoms with Crippen molar-refractivity contribution in [3.8, 4) is 0 Å². The van der Waals surface area contributed by atoms with E-state index in [1.807, 2.05) is 0 Å². The molecule has 1 aliphatic carbocycles. The molecule has 6 nitrogen and oxygen atoms in total. The van der Waals surface area contributed by atoms with Gasteiger partial charge in [-0.3, -0.25) is 14.5 Å². The summed E-state index contributed by atoms with van der Waals surface area (Å²) in [6, 6.07) is 5.54. The molecule has 8 heteroatoms. The molecule has 0 bridgehead atoms. The molecule has 0 radical (unpaired) electrons. The van der Waals surface area contributed by atoms with E-state index < -0.39 is 0 Å². The van der Waals surface area contributed by atoms with E-state index in [1.54, 1.807) is 18.2 Å². The normalized spacial score (nSPS) is 18.5. The van der Waals surface area contributed by atoms with Gasteiger partial charge in [0.05, 0.1) is 22.3 Å². The Hall–Kier alpha value is -1.34. The zero-order valence-corrected chi connectivity index (χ0v) is 16.2. The molecule has 1 aromatic carbocycles. The van der Waals surface area contributed by atoms with E-state index in [2.05, 4.69) is 20.4 Å². The van der Waals surface area contributed by atoms with Crippen LogP contribution in [0.5, 0.6) is 0 Å². The van der Waals surface area contributed by atoms with E-state index in [1.165, 1.54) is 0 Å². The fourth-order valence-electron chi connectivity index (χ4n) is 2.95. The number of para-hydroxylation sites is 1. The largest absolute Gasteiger partial charge is 0.352 e. The van der Waals surface area contributed by atoms with Gasteiger partial charge in [-0.25, -0.2) is 0 Å². The number of nitrogens with zero attached hydrogens (tertiary/aromatic N) is 2. The van der Waals surface area contributed by atoms with E-state index >= 15 is 0 Å². The minimum absolute atomic E-state index is 0.105. The molecule has 142 valence electrons. The standard InChI is InChI=1S/C18H24Cl2N4O2/c19-14-2-1-3-15(20)18(14)22-16(25)6-7-23-8-10-24(11-9-23)12-17(26)21-13-4-5-13/h1-3,13H,4-12H2,(H,21,26)(H,22,25). The highest BCUT2D eigenvalue weighted by molar-refractivity contribution is 6.39. The topological polar surface area (TPSA) is 64.7 Å². The minimum Gasteiger partial charge on any atom is -0.352 e. The van der Waals surface area contributed by atoms with Crippen molar-refractivity contribution in [2.45, 2.75) is 25.3 Å². The average molecular weight is 399 g/mol. The molecule has 1 saturated heterocycles. The summed E-state index contributed by atoms with van der Waals surface area (Å²) < 4.78 is 0. The Kier molecular flexibility index (Phi) is 6.75. The molecule has 1 aliphatic heterocycles. The van der Waals surface area contributed by atoms with Crippen LogP contribution in [0.2, 0.25) is 10.0 Å². The van der Waals surface area contributed by atoms with E-state index in [0.29, 0.717) is 41.3 Å². The SMILES string of the molecule is O=C(CCN1CCN(CC(=O)NC2CC2)CC1)Nc1c(Cl)cccc1Cl. The monoisotopic (exact) mass is 398 g/mol. The first-order valence-corrected chi connectivity index (χ1v) is 9.75. The number of nitrogens with one attached hydrogen (secondary N) is 2. The number of amides is 2. The Morgan fingerprint density at radius 1 is 1.00 bits per heavy atom. The van der Waals surface area contributed by atoms with Crippen LogP contribution in [0.1, 0.15) is 19.3 Å². The second-order valence-electron chi connectivity index (χ2n) is 6.85. The molecular weight excluding hydrogens is 375 g/mol. The van der Waals surface area contributed by atoms with Gasteiger partial charge in [-0.2, -0.15) is 0 Å². The van der Waals surface area contributed by atoms with Crippen LogP contribution in [0.4, 0.5) is 5.69 Å². The summed E-state index contributed by atoms with van der Waals surface area (Å²) in [5.41, 5.74) is 0.465. The molecule has 0 atom stereocenters. The van der Waals surface area contributed by atoms with Crippen molar-refractivity contribution in [3.05, 3.63) is 28.2 Å². The summed E-state index contributed by atoms with van der Waals surface area (Å²) in [6.45, 7) is 4.55. The number of benzene rings is 1. The van der Waals surface area contributed by atoms with Crippen LogP contribution in [-0.2, 0) is 9.59 Å². The summed E-state index contributed by atoms with van der Waals surface area (Å²) in [5, 5.41) is 6.67. The molecule has 2 aliphatic rings. The number of piperazine rings is 1. The maximum Gasteiger partial charge on any atom is 0.234 e. The van der Waals surface area contributed by atoms with Crippen molar-refractivity contribution in [2.24, 2.45) is 0 Å². The molecule has 1 aromatic rings. The molecular formula is C18H24Cl2N4O2. The van der Waals surface area contributed by atoms with Gasteiger partial charge in [0.25, 0.3) is 0 Å². The highest BCUT2D eigenvalue weighted by Crippen LogP contribution is 2.29. The minimum atomic E-state index is -0.105. The maximum absolute atomic E-state index is 12.2. The van der Waals surface area contributed by atoms with E-state index in [9.17, 15) is 9.59 Å². The summed E-state index contributed by atoms with van der Waals surface area (Å²) in [4.78, 5) is 28.4. The van der Waals surface area contributed by atoms with Crippen LogP contribution in [0, 0.1) is 0 Å². The Bertz CT molecular complexity index is 638. The van der Waals surface area contributed by atoms with Gasteiger partial charge in [-0.15, -0.1) is 0 Å². The Labute approximate surface area is 163 Å². The first-order chi connectivity index (χ1) is 12.5. The fraction of sp³-hybridized carbons (Fsp3) is 0.556. The number of hydrogen-bond donors (Lipinski definition) is 2. The van der Waals surface area contributed by atoms with Crippen molar-refractivity contribution in [1.82, 2.24) is 15.1 Å². The van der Waals surface area contributed by atoms with Gasteiger partial charge in [0.2, 0.25) is 11.8 Å². The number of carbonyl (C=O) groups excluding carboxylic acids is 2. The Morgan fingerprint density at radius 2 is 1.62 bits per heavy atom. The second-order valence-corrected chi connectivity index (χ2v) is 7.67. The van der Waals surface area contributed by atoms with Gasteiger partial charge < -0.3 is 15.5 Å². The Morgan fingerprint density at radius 3 is 2.23 bits per heavy atom. The van der Waals surface area contributed by atoms with Crippen LogP contribution in [0.3, 0.4) is 0 Å². The molecule has 2 fully saturated rings. The molecule has 2 N–H and O–H groups in total. The van der Waals surface area contributed by atoms with Crippen LogP contribution >= 0.6 is 23.2 Å². The molecule has 1 heterocycles. The molecule has 2 amide bonds. The highest BCUT2D eigenvalue weighted by atomic mass is 35.5. The van der Waals surface area contributed by atoms with Gasteiger partial charge >= 0.3 is 0 Å². The van der Waals surface area contributed by atoms with Crippen molar-refractivity contribution < 1.29 is 9.59 Å². The Balaban J connectivity index is 1.35. The molecule has 0 unspecified atom stereocenters. The van der Waals surface area contributed by atoms with Gasteiger partial charge in [0, 0.05) is 45.2 Å². The maximum atomic E-state index is 12.2. The van der Waals surface area contributed by atoms with Gasteiger partial charge in [-0.1, -0.05) is 29.3 Å². The number of rotatable bonds is 7. The highest BCUT2D eigenvalue weighted by Gasteiger charge is 2.25. The van der Waals surface area contributed by atoms with Crippen LogP contribution < -0.4 is 10.6 Å². The molecule has 0 aromatic heterocycles. The zero-order valence-electron chi connectivity index (χ0n) is 14.6. The lowest BCUT2D eigenvalue weighted by molar-refractivity contribution is -0.122. The van der Waals surface area contributed by atoms with Gasteiger partial charge in [-0.05, 0) is 25.0 Å². The third kappa shape index (κ3) is 5.84. The number of carbonyl (C=O) groups is 2. The lowest BCUT2D eigenvalue weighted by atomic mass is 10.2. The summed E-state index contributed by atoms with van der Waals surface area (Å²) in [7, 11) is 0. The third-order valence-corrected chi connectivity index (χ3v) is 5.29. The first-order valence-electron chi connectivity index (χ1n) is 8.99. The van der Waals surface area contributed by atoms with Crippen molar-refractivity contribution in [3.63, 3.8) is 0 Å². The zero-order chi connectivity index (χ0) is 18.5. The lowest BCUT2D eigenvalue weighted by Gasteiger charge is -2.34. The number of halogens is 2. The molecule has 3 rings (SSSR count). The predicted molar refractivity (Wildman–Crippen MR) is 104 cm³/mol. The lowest BCUT2D eigenvalue weighted by Crippen LogP contribution is -2.50. The number of anilines is 1. The van der Waals surface area contributed by atoms with Crippen molar-refractivity contribution in [1.29, 1.82) is 0 Å². The van der Waals surface area contributed by atoms with Gasteiger partial charge in [0.1, 0.15) is 0 Å². The molecule has 0 spiro atoms. The number of hydrogen-bond acceptors (Lipinski definition) is 4. The third-order valence-electron chi connectivity index (χ3n) is 4.66. The average Bonchev–Trinajstić information content (AvgIpc) is 3.41. The van der Waals surface area contributed by atoms with Crippen LogP contribution in [-0.4, -0.2) is 66.9 Å². The summed E-state index contributed by atoms with van der Waals surface area (Å²) in [5.74, 6) is 0.0168. The molecule has 26 heavy (non-hydrogen) atoms. The van der Waals surface area contributed by atoms with Gasteiger partial charge in [0.15, 0.2) is 0 Å². The van der Waals surface area contributed by atoms with E-state index in [4.69, 9.17) is 23.2 Å². The van der Waals surface area contributed by atoms with E-state index in [0.717, 1.165) is 39.0 Å². The quantitative estimate of drug-likeness (QED) is 0.738. The summed E-state index contributed by atoms with van der Waals surface area (Å²) in [6.07, 6.45) is 2.60. The predicted octanol–water partition coefficient (Wildman–Crippen LogP) is 2.22. The summed E-state index contributed by atoms with van der Waals surface area (Å²) >= 11 is 12.1. The van der Waals surface area contributed by atoms with Crippen molar-refractivity contribution >= 4 is 40.7 Å². The molecule has 1 saturated carbocycles.